The number of rotatable bonds is 6. The van der Waals surface area contributed by atoms with Crippen LogP contribution in [0.15, 0.2) is 12.7 Å². The third-order valence-corrected chi connectivity index (χ3v) is 3.50. The Kier molecular flexibility index (Phi) is 3.98. The molecule has 0 radical (unpaired) electrons. The maximum atomic E-state index is 4.04. The molecule has 0 unspecified atom stereocenters. The van der Waals surface area contributed by atoms with Crippen molar-refractivity contribution in [1.82, 2.24) is 35.2 Å². The van der Waals surface area contributed by atoms with E-state index in [0.29, 0.717) is 11.9 Å². The van der Waals surface area contributed by atoms with Crippen molar-refractivity contribution in [1.29, 1.82) is 0 Å². The zero-order valence-electron chi connectivity index (χ0n) is 11.4. The van der Waals surface area contributed by atoms with Gasteiger partial charge in [0.25, 0.3) is 11.9 Å². The van der Waals surface area contributed by atoms with Gasteiger partial charge in [0, 0.05) is 5.54 Å². The lowest BCUT2D eigenvalue weighted by Gasteiger charge is -2.31. The van der Waals surface area contributed by atoms with E-state index in [1.165, 1.54) is 17.3 Å². The Bertz CT molecular complexity index is 480. The summed E-state index contributed by atoms with van der Waals surface area (Å²) in [5.74, 6) is 0.743. The fourth-order valence-corrected chi connectivity index (χ4v) is 1.93. The molecule has 8 heteroatoms. The van der Waals surface area contributed by atoms with Gasteiger partial charge in [-0.1, -0.05) is 20.8 Å². The first-order valence-electron chi connectivity index (χ1n) is 6.43. The van der Waals surface area contributed by atoms with E-state index in [9.17, 15) is 0 Å². The highest BCUT2D eigenvalue weighted by Gasteiger charge is 2.24. The molecule has 0 saturated carbocycles. The van der Waals surface area contributed by atoms with Crippen molar-refractivity contribution in [3.05, 3.63) is 12.7 Å². The second-order valence-corrected chi connectivity index (χ2v) is 4.33. The van der Waals surface area contributed by atoms with E-state index in [2.05, 4.69) is 56.6 Å². The van der Waals surface area contributed by atoms with Crippen LogP contribution in [0.4, 0.5) is 5.95 Å². The molecule has 0 amide bonds. The van der Waals surface area contributed by atoms with Gasteiger partial charge in [-0.05, 0) is 19.3 Å². The standard InChI is InChI=1S/C11H18N8/c1-4-11(5-2,6-3)14-9-15-17-10(18-16-9)19-8-12-7-13-19/h7-8H,4-6H2,1-3H3,(H,14,15,16). The molecular formula is C11H18N8. The molecule has 2 rings (SSSR count). The van der Waals surface area contributed by atoms with Crippen molar-refractivity contribution in [2.75, 3.05) is 5.32 Å². The first kappa shape index (κ1) is 13.3. The van der Waals surface area contributed by atoms with Gasteiger partial charge in [0.1, 0.15) is 12.7 Å². The largest absolute Gasteiger partial charge is 0.346 e. The minimum absolute atomic E-state index is 0.00185. The highest BCUT2D eigenvalue weighted by molar-refractivity contribution is 5.26. The maximum Gasteiger partial charge on any atom is 0.290 e. The number of nitrogens with one attached hydrogen (secondary N) is 1. The van der Waals surface area contributed by atoms with Gasteiger partial charge in [-0.3, -0.25) is 0 Å². The number of aromatic nitrogens is 7. The average Bonchev–Trinajstić information content (AvgIpc) is 3.00. The molecule has 2 heterocycles. The van der Waals surface area contributed by atoms with E-state index in [1.54, 1.807) is 0 Å². The normalized spacial score (nSPS) is 11.5. The van der Waals surface area contributed by atoms with Crippen LogP contribution in [-0.2, 0) is 0 Å². The summed E-state index contributed by atoms with van der Waals surface area (Å²) in [6.07, 6.45) is 5.89. The predicted octanol–water partition coefficient (Wildman–Crippen LogP) is 1.23. The third kappa shape index (κ3) is 2.83. The fraction of sp³-hybridized carbons (Fsp3) is 0.636. The molecule has 0 spiro atoms. The van der Waals surface area contributed by atoms with Crippen LogP contribution in [-0.4, -0.2) is 40.7 Å². The van der Waals surface area contributed by atoms with Crippen molar-refractivity contribution < 1.29 is 0 Å². The fourth-order valence-electron chi connectivity index (χ4n) is 1.93. The van der Waals surface area contributed by atoms with Crippen LogP contribution in [0.2, 0.25) is 0 Å². The van der Waals surface area contributed by atoms with Crippen LogP contribution in [0, 0.1) is 0 Å². The predicted molar refractivity (Wildman–Crippen MR) is 69.8 cm³/mol. The highest BCUT2D eigenvalue weighted by atomic mass is 15.5. The number of anilines is 1. The molecule has 2 aromatic heterocycles. The van der Waals surface area contributed by atoms with Crippen molar-refractivity contribution in [2.24, 2.45) is 0 Å². The van der Waals surface area contributed by atoms with Crippen LogP contribution in [0.1, 0.15) is 40.0 Å². The molecule has 102 valence electrons. The lowest BCUT2D eigenvalue weighted by Crippen LogP contribution is -2.37. The Labute approximate surface area is 111 Å². The molecular weight excluding hydrogens is 244 g/mol. The maximum absolute atomic E-state index is 4.04. The molecule has 0 bridgehead atoms. The summed E-state index contributed by atoms with van der Waals surface area (Å²) in [6.45, 7) is 6.43. The Morgan fingerprint density at radius 1 is 1.05 bits per heavy atom. The Morgan fingerprint density at radius 3 is 2.16 bits per heavy atom. The quantitative estimate of drug-likeness (QED) is 0.836. The SMILES string of the molecule is CCC(CC)(CC)Nc1nnc(-n2cncn2)nn1. The van der Waals surface area contributed by atoms with Gasteiger partial charge >= 0.3 is 0 Å². The van der Waals surface area contributed by atoms with Gasteiger partial charge in [0.15, 0.2) is 0 Å². The molecule has 0 atom stereocenters. The van der Waals surface area contributed by atoms with Crippen LogP contribution in [0.5, 0.6) is 0 Å². The molecule has 1 N–H and O–H groups in total. The Morgan fingerprint density at radius 2 is 1.68 bits per heavy atom. The van der Waals surface area contributed by atoms with Crippen molar-refractivity contribution in [3.63, 3.8) is 0 Å². The van der Waals surface area contributed by atoms with Gasteiger partial charge in [-0.2, -0.15) is 9.78 Å². The Balaban J connectivity index is 2.15. The molecule has 0 saturated heterocycles. The molecule has 0 aliphatic rings. The smallest absolute Gasteiger partial charge is 0.290 e. The van der Waals surface area contributed by atoms with E-state index >= 15 is 0 Å². The lowest BCUT2D eigenvalue weighted by atomic mass is 9.90. The lowest BCUT2D eigenvalue weighted by molar-refractivity contribution is 0.415. The average molecular weight is 262 g/mol. The number of nitrogens with zero attached hydrogens (tertiary/aromatic N) is 7. The van der Waals surface area contributed by atoms with Crippen LogP contribution in [0.25, 0.3) is 5.95 Å². The topological polar surface area (TPSA) is 94.3 Å². The van der Waals surface area contributed by atoms with Gasteiger partial charge < -0.3 is 5.32 Å². The van der Waals surface area contributed by atoms with Crippen molar-refractivity contribution in [3.8, 4) is 5.95 Å². The summed E-state index contributed by atoms with van der Waals surface area (Å²) in [5, 5.41) is 23.3. The van der Waals surface area contributed by atoms with Crippen molar-refractivity contribution >= 4 is 5.95 Å². The zero-order valence-corrected chi connectivity index (χ0v) is 11.4. The summed E-state index contributed by atoms with van der Waals surface area (Å²) in [4.78, 5) is 3.82. The molecule has 0 aliphatic heterocycles. The summed E-state index contributed by atoms with van der Waals surface area (Å²) >= 11 is 0. The summed E-state index contributed by atoms with van der Waals surface area (Å²) < 4.78 is 1.41. The molecule has 0 aliphatic carbocycles. The van der Waals surface area contributed by atoms with Gasteiger partial charge in [-0.15, -0.1) is 20.4 Å². The molecule has 8 nitrogen and oxygen atoms in total. The summed E-state index contributed by atoms with van der Waals surface area (Å²) in [7, 11) is 0. The minimum Gasteiger partial charge on any atom is -0.346 e. The van der Waals surface area contributed by atoms with Gasteiger partial charge in [0.2, 0.25) is 0 Å². The van der Waals surface area contributed by atoms with E-state index in [4.69, 9.17) is 0 Å². The highest BCUT2D eigenvalue weighted by Crippen LogP contribution is 2.23. The molecule has 19 heavy (non-hydrogen) atoms. The monoisotopic (exact) mass is 262 g/mol. The minimum atomic E-state index is -0.00185. The van der Waals surface area contributed by atoms with E-state index in [0.717, 1.165) is 19.3 Å². The van der Waals surface area contributed by atoms with Crippen LogP contribution < -0.4 is 5.32 Å². The third-order valence-electron chi connectivity index (χ3n) is 3.50. The zero-order chi connectivity index (χ0) is 13.7. The van der Waals surface area contributed by atoms with E-state index in [-0.39, 0.29) is 5.54 Å². The van der Waals surface area contributed by atoms with E-state index in [1.807, 2.05) is 0 Å². The summed E-state index contributed by atoms with van der Waals surface area (Å²) in [5.41, 5.74) is -0.00185. The molecule has 0 fully saturated rings. The molecule has 2 aromatic rings. The van der Waals surface area contributed by atoms with Gasteiger partial charge in [-0.25, -0.2) is 4.98 Å². The summed E-state index contributed by atoms with van der Waals surface area (Å²) in [6, 6.07) is 0. The Hall–Kier alpha value is -2.12. The number of hydrogen-bond acceptors (Lipinski definition) is 7. The van der Waals surface area contributed by atoms with Crippen LogP contribution >= 0.6 is 0 Å². The van der Waals surface area contributed by atoms with Crippen LogP contribution in [0.3, 0.4) is 0 Å². The second-order valence-electron chi connectivity index (χ2n) is 4.33. The second kappa shape index (κ2) is 5.68. The number of hydrogen-bond donors (Lipinski definition) is 1. The van der Waals surface area contributed by atoms with Gasteiger partial charge in [0.05, 0.1) is 0 Å². The van der Waals surface area contributed by atoms with E-state index < -0.39 is 0 Å². The first-order valence-corrected chi connectivity index (χ1v) is 6.43. The first-order chi connectivity index (χ1) is 9.23. The molecule has 0 aromatic carbocycles. The van der Waals surface area contributed by atoms with Crippen molar-refractivity contribution in [2.45, 2.75) is 45.6 Å².